The van der Waals surface area contributed by atoms with Crippen LogP contribution in [0.3, 0.4) is 0 Å². The van der Waals surface area contributed by atoms with Gasteiger partial charge in [-0.25, -0.2) is 0 Å². The van der Waals surface area contributed by atoms with E-state index in [1.54, 1.807) is 0 Å². The van der Waals surface area contributed by atoms with Gasteiger partial charge in [0.05, 0.1) is 35.1 Å². The first-order valence-corrected chi connectivity index (χ1v) is 6.75. The molecule has 1 saturated heterocycles. The molecule has 2 rings (SSSR count). The number of nitrogens with two attached hydrogens (primary N) is 1. The molecule has 3 atom stereocenters. The normalized spacial score (nSPS) is 26.4. The molecule has 0 amide bonds. The summed E-state index contributed by atoms with van der Waals surface area (Å²) in [5, 5.41) is 4.33. The summed E-state index contributed by atoms with van der Waals surface area (Å²) in [7, 11) is 0. The predicted molar refractivity (Wildman–Crippen MR) is 69.2 cm³/mol. The van der Waals surface area contributed by atoms with E-state index in [0.717, 1.165) is 29.7 Å². The molecule has 1 aromatic heterocycles. The smallest absolute Gasteiger partial charge is 0.0712 e. The van der Waals surface area contributed by atoms with Crippen LogP contribution in [0.4, 0.5) is 0 Å². The number of nitrogens with one attached hydrogen (secondary N) is 1. The molecule has 3 N–H and O–H groups in total. The Bertz CT molecular complexity index is 382. The van der Waals surface area contributed by atoms with Gasteiger partial charge in [-0.1, -0.05) is 0 Å². The van der Waals surface area contributed by atoms with Crippen LogP contribution in [0.2, 0.25) is 0 Å². The summed E-state index contributed by atoms with van der Waals surface area (Å²) in [6.45, 7) is 5.75. The van der Waals surface area contributed by atoms with Crippen molar-refractivity contribution < 1.29 is 4.74 Å². The highest BCUT2D eigenvalue weighted by molar-refractivity contribution is 9.10. The third-order valence-corrected chi connectivity index (χ3v) is 3.92. The molecule has 0 aromatic carbocycles. The molecule has 1 aliphatic heterocycles. The second-order valence-corrected chi connectivity index (χ2v) is 5.33. The SMILES string of the molecule is CCn1ncc(Br)c1C(NN)C1COC(C)C1. The molecule has 1 aromatic rings. The topological polar surface area (TPSA) is 65.1 Å². The average Bonchev–Trinajstić information content (AvgIpc) is 2.89. The zero-order valence-electron chi connectivity index (χ0n) is 10.2. The first-order valence-electron chi connectivity index (χ1n) is 5.96. The van der Waals surface area contributed by atoms with Crippen LogP contribution in [0.5, 0.6) is 0 Å². The molecule has 0 aliphatic carbocycles. The molecule has 0 bridgehead atoms. The Kier molecular flexibility index (Phi) is 4.19. The lowest BCUT2D eigenvalue weighted by atomic mass is 9.95. The van der Waals surface area contributed by atoms with Crippen LogP contribution in [0.1, 0.15) is 32.0 Å². The van der Waals surface area contributed by atoms with Crippen LogP contribution in [-0.2, 0) is 11.3 Å². The van der Waals surface area contributed by atoms with Crippen molar-refractivity contribution in [2.45, 2.75) is 39.0 Å². The van der Waals surface area contributed by atoms with Gasteiger partial charge in [-0.2, -0.15) is 5.10 Å². The van der Waals surface area contributed by atoms with E-state index in [1.807, 2.05) is 10.9 Å². The molecular formula is C11H19BrN4O. The molecule has 0 radical (unpaired) electrons. The summed E-state index contributed by atoms with van der Waals surface area (Å²) in [5.74, 6) is 6.11. The molecule has 6 heteroatoms. The van der Waals surface area contributed by atoms with E-state index >= 15 is 0 Å². The monoisotopic (exact) mass is 302 g/mol. The van der Waals surface area contributed by atoms with Gasteiger partial charge in [0.25, 0.3) is 0 Å². The standard InChI is InChI=1S/C11H19BrN4O/c1-3-16-11(9(12)5-14-16)10(15-13)8-4-7(2)17-6-8/h5,7-8,10,15H,3-4,6,13H2,1-2H3. The lowest BCUT2D eigenvalue weighted by Crippen LogP contribution is -2.35. The Labute approximate surface area is 110 Å². The van der Waals surface area contributed by atoms with Gasteiger partial charge in [-0.3, -0.25) is 16.0 Å². The summed E-state index contributed by atoms with van der Waals surface area (Å²) in [6, 6.07) is 0.0803. The minimum absolute atomic E-state index is 0.0803. The third kappa shape index (κ3) is 2.54. The molecule has 5 nitrogen and oxygen atoms in total. The van der Waals surface area contributed by atoms with Gasteiger partial charge >= 0.3 is 0 Å². The molecule has 3 unspecified atom stereocenters. The Morgan fingerprint density at radius 3 is 3.06 bits per heavy atom. The second kappa shape index (κ2) is 5.48. The summed E-state index contributed by atoms with van der Waals surface area (Å²) in [4.78, 5) is 0. The van der Waals surface area contributed by atoms with Crippen LogP contribution in [0, 0.1) is 5.92 Å². The number of rotatable bonds is 4. The number of hydrazine groups is 1. The van der Waals surface area contributed by atoms with Crippen molar-refractivity contribution >= 4 is 15.9 Å². The zero-order valence-corrected chi connectivity index (χ0v) is 11.8. The van der Waals surface area contributed by atoms with Crippen molar-refractivity contribution in [2.24, 2.45) is 11.8 Å². The quantitative estimate of drug-likeness (QED) is 0.655. The van der Waals surface area contributed by atoms with Crippen LogP contribution in [-0.4, -0.2) is 22.5 Å². The van der Waals surface area contributed by atoms with E-state index in [4.69, 9.17) is 10.6 Å². The molecule has 0 saturated carbocycles. The molecular weight excluding hydrogens is 284 g/mol. The van der Waals surface area contributed by atoms with E-state index in [1.165, 1.54) is 0 Å². The van der Waals surface area contributed by atoms with Gasteiger partial charge in [0, 0.05) is 12.5 Å². The third-order valence-electron chi connectivity index (χ3n) is 3.31. The fraction of sp³-hybridized carbons (Fsp3) is 0.727. The molecule has 17 heavy (non-hydrogen) atoms. The number of ether oxygens (including phenoxy) is 1. The Morgan fingerprint density at radius 2 is 2.53 bits per heavy atom. The number of aromatic nitrogens is 2. The van der Waals surface area contributed by atoms with E-state index in [2.05, 4.69) is 40.3 Å². The fourth-order valence-corrected chi connectivity index (χ4v) is 3.00. The number of hydrogen-bond donors (Lipinski definition) is 2. The maximum Gasteiger partial charge on any atom is 0.0712 e. The minimum Gasteiger partial charge on any atom is -0.378 e. The minimum atomic E-state index is 0.0803. The van der Waals surface area contributed by atoms with Crippen molar-refractivity contribution in [1.82, 2.24) is 15.2 Å². The first-order chi connectivity index (χ1) is 8.17. The molecule has 1 aliphatic rings. The van der Waals surface area contributed by atoms with Gasteiger partial charge in [-0.15, -0.1) is 0 Å². The number of halogens is 1. The number of aryl methyl sites for hydroxylation is 1. The summed E-state index contributed by atoms with van der Waals surface area (Å²) < 4.78 is 8.59. The Morgan fingerprint density at radius 1 is 1.76 bits per heavy atom. The first kappa shape index (κ1) is 13.0. The van der Waals surface area contributed by atoms with Crippen LogP contribution < -0.4 is 11.3 Å². The largest absolute Gasteiger partial charge is 0.378 e. The van der Waals surface area contributed by atoms with E-state index < -0.39 is 0 Å². The van der Waals surface area contributed by atoms with Crippen LogP contribution in [0.15, 0.2) is 10.7 Å². The molecule has 1 fully saturated rings. The lowest BCUT2D eigenvalue weighted by molar-refractivity contribution is 0.116. The second-order valence-electron chi connectivity index (χ2n) is 4.48. The van der Waals surface area contributed by atoms with Gasteiger partial charge in [0.1, 0.15) is 0 Å². The van der Waals surface area contributed by atoms with Gasteiger partial charge in [0.15, 0.2) is 0 Å². The summed E-state index contributed by atoms with van der Waals surface area (Å²) >= 11 is 3.54. The summed E-state index contributed by atoms with van der Waals surface area (Å²) in [5.41, 5.74) is 4.02. The van der Waals surface area contributed by atoms with Crippen molar-refractivity contribution in [3.63, 3.8) is 0 Å². The van der Waals surface area contributed by atoms with E-state index in [-0.39, 0.29) is 6.04 Å². The Hall–Kier alpha value is -0.430. The highest BCUT2D eigenvalue weighted by atomic mass is 79.9. The molecule has 0 spiro atoms. The van der Waals surface area contributed by atoms with Gasteiger partial charge in [-0.05, 0) is 36.2 Å². The van der Waals surface area contributed by atoms with Crippen molar-refractivity contribution in [3.8, 4) is 0 Å². The fourth-order valence-electron chi connectivity index (χ4n) is 2.45. The lowest BCUT2D eigenvalue weighted by Gasteiger charge is -2.23. The zero-order chi connectivity index (χ0) is 12.4. The van der Waals surface area contributed by atoms with Crippen LogP contribution >= 0.6 is 15.9 Å². The van der Waals surface area contributed by atoms with Gasteiger partial charge < -0.3 is 4.74 Å². The van der Waals surface area contributed by atoms with E-state index in [0.29, 0.717) is 12.0 Å². The maximum absolute atomic E-state index is 5.71. The van der Waals surface area contributed by atoms with Crippen LogP contribution in [0.25, 0.3) is 0 Å². The molecule has 2 heterocycles. The van der Waals surface area contributed by atoms with E-state index in [9.17, 15) is 0 Å². The van der Waals surface area contributed by atoms with Crippen molar-refractivity contribution in [1.29, 1.82) is 0 Å². The predicted octanol–water partition coefficient (Wildman–Crippen LogP) is 1.59. The maximum atomic E-state index is 5.71. The highest BCUT2D eigenvalue weighted by Gasteiger charge is 2.33. The molecule has 96 valence electrons. The highest BCUT2D eigenvalue weighted by Crippen LogP contribution is 2.34. The summed E-state index contributed by atoms with van der Waals surface area (Å²) in [6.07, 6.45) is 3.16. The van der Waals surface area contributed by atoms with Gasteiger partial charge in [0.2, 0.25) is 0 Å². The Balaban J connectivity index is 2.25. The number of nitrogens with zero attached hydrogens (tertiary/aromatic N) is 2. The average molecular weight is 303 g/mol. The van der Waals surface area contributed by atoms with Crippen molar-refractivity contribution in [2.75, 3.05) is 6.61 Å². The van der Waals surface area contributed by atoms with Crippen molar-refractivity contribution in [3.05, 3.63) is 16.4 Å². The number of hydrogen-bond acceptors (Lipinski definition) is 4.